The first-order chi connectivity index (χ1) is 9.16. The summed E-state index contributed by atoms with van der Waals surface area (Å²) in [4.78, 5) is 11.9. The molecule has 1 saturated carbocycles. The van der Waals surface area contributed by atoms with Gasteiger partial charge in [-0.1, -0.05) is 43.0 Å². The van der Waals surface area contributed by atoms with Crippen molar-refractivity contribution < 1.29 is 9.90 Å². The molecule has 104 valence electrons. The molecule has 0 spiro atoms. The molecule has 1 aliphatic carbocycles. The molecule has 0 heterocycles. The van der Waals surface area contributed by atoms with Gasteiger partial charge in [0.1, 0.15) is 0 Å². The molecule has 2 N–H and O–H groups in total. The molecule has 0 radical (unpaired) electrons. The predicted octanol–water partition coefficient (Wildman–Crippen LogP) is 3.07. The Bertz CT molecular complexity index is 413. The highest BCUT2D eigenvalue weighted by atomic mass is 35.5. The Balaban J connectivity index is 1.80. The summed E-state index contributed by atoms with van der Waals surface area (Å²) in [6.07, 6.45) is 4.78. The molecule has 1 amide bonds. The number of hydrogen-bond acceptors (Lipinski definition) is 2. The maximum atomic E-state index is 11.9. The smallest absolute Gasteiger partial charge is 0.223 e. The van der Waals surface area contributed by atoms with Crippen molar-refractivity contribution in [2.24, 2.45) is 5.92 Å². The van der Waals surface area contributed by atoms with E-state index < -0.39 is 6.10 Å². The largest absolute Gasteiger partial charge is 0.387 e. The summed E-state index contributed by atoms with van der Waals surface area (Å²) in [5, 5.41) is 13.5. The molecule has 1 aliphatic rings. The SMILES string of the molecule is O=C(NCC(O)c1ccc(Cl)cc1)C1CCCCC1. The molecule has 0 saturated heterocycles. The maximum Gasteiger partial charge on any atom is 0.223 e. The minimum absolute atomic E-state index is 0.0766. The molecule has 1 aromatic rings. The third-order valence-electron chi connectivity index (χ3n) is 3.70. The molecule has 1 aromatic carbocycles. The Morgan fingerprint density at radius 3 is 2.53 bits per heavy atom. The fourth-order valence-corrected chi connectivity index (χ4v) is 2.64. The highest BCUT2D eigenvalue weighted by molar-refractivity contribution is 6.30. The van der Waals surface area contributed by atoms with Gasteiger partial charge in [-0.05, 0) is 30.5 Å². The lowest BCUT2D eigenvalue weighted by molar-refractivity contribution is -0.126. The van der Waals surface area contributed by atoms with Crippen LogP contribution in [0.5, 0.6) is 0 Å². The summed E-state index contributed by atoms with van der Waals surface area (Å²) < 4.78 is 0. The zero-order valence-corrected chi connectivity index (χ0v) is 11.7. The van der Waals surface area contributed by atoms with E-state index in [2.05, 4.69) is 5.32 Å². The number of halogens is 1. The van der Waals surface area contributed by atoms with Crippen LogP contribution in [-0.4, -0.2) is 17.6 Å². The van der Waals surface area contributed by atoms with E-state index in [1.165, 1.54) is 6.42 Å². The summed E-state index contributed by atoms with van der Waals surface area (Å²) in [7, 11) is 0. The highest BCUT2D eigenvalue weighted by Gasteiger charge is 2.21. The lowest BCUT2D eigenvalue weighted by Gasteiger charge is -2.21. The van der Waals surface area contributed by atoms with Crippen LogP contribution in [0.25, 0.3) is 0 Å². The van der Waals surface area contributed by atoms with E-state index in [0.717, 1.165) is 31.2 Å². The van der Waals surface area contributed by atoms with Crippen LogP contribution < -0.4 is 5.32 Å². The van der Waals surface area contributed by atoms with E-state index in [4.69, 9.17) is 11.6 Å². The first-order valence-electron chi connectivity index (χ1n) is 6.88. The average Bonchev–Trinajstić information content (AvgIpc) is 2.46. The van der Waals surface area contributed by atoms with Crippen LogP contribution >= 0.6 is 11.6 Å². The second-order valence-corrected chi connectivity index (χ2v) is 5.58. The second kappa shape index (κ2) is 6.92. The molecule has 19 heavy (non-hydrogen) atoms. The lowest BCUT2D eigenvalue weighted by atomic mass is 9.88. The van der Waals surface area contributed by atoms with Gasteiger partial charge in [-0.2, -0.15) is 0 Å². The molecule has 0 bridgehead atoms. The first kappa shape index (κ1) is 14.4. The van der Waals surface area contributed by atoms with E-state index in [9.17, 15) is 9.90 Å². The molecular weight excluding hydrogens is 262 g/mol. The van der Waals surface area contributed by atoms with Gasteiger partial charge in [-0.15, -0.1) is 0 Å². The van der Waals surface area contributed by atoms with Crippen LogP contribution in [0.4, 0.5) is 0 Å². The Labute approximate surface area is 119 Å². The van der Waals surface area contributed by atoms with E-state index >= 15 is 0 Å². The second-order valence-electron chi connectivity index (χ2n) is 5.15. The number of benzene rings is 1. The van der Waals surface area contributed by atoms with Gasteiger partial charge in [-0.3, -0.25) is 4.79 Å². The standard InChI is InChI=1S/C15H20ClNO2/c16-13-8-6-11(7-9-13)14(18)10-17-15(19)12-4-2-1-3-5-12/h6-9,12,14,18H,1-5,10H2,(H,17,19). The van der Waals surface area contributed by atoms with Crippen LogP contribution in [0.1, 0.15) is 43.8 Å². The van der Waals surface area contributed by atoms with Gasteiger partial charge in [0.15, 0.2) is 0 Å². The Morgan fingerprint density at radius 1 is 1.26 bits per heavy atom. The molecule has 0 aliphatic heterocycles. The molecule has 1 unspecified atom stereocenters. The Hall–Kier alpha value is -1.06. The zero-order valence-electron chi connectivity index (χ0n) is 10.9. The molecule has 3 nitrogen and oxygen atoms in total. The molecule has 0 aromatic heterocycles. The number of carbonyl (C=O) groups excluding carboxylic acids is 1. The van der Waals surface area contributed by atoms with E-state index in [1.54, 1.807) is 24.3 Å². The summed E-state index contributed by atoms with van der Waals surface area (Å²) in [6.45, 7) is 0.261. The number of carbonyl (C=O) groups is 1. The predicted molar refractivity (Wildman–Crippen MR) is 76.0 cm³/mol. The Morgan fingerprint density at radius 2 is 1.89 bits per heavy atom. The fraction of sp³-hybridized carbons (Fsp3) is 0.533. The molecule has 2 rings (SSSR count). The van der Waals surface area contributed by atoms with Crippen molar-refractivity contribution in [3.05, 3.63) is 34.9 Å². The number of rotatable bonds is 4. The van der Waals surface area contributed by atoms with Crippen molar-refractivity contribution in [1.82, 2.24) is 5.32 Å². The topological polar surface area (TPSA) is 49.3 Å². The third-order valence-corrected chi connectivity index (χ3v) is 3.95. The zero-order chi connectivity index (χ0) is 13.7. The number of aliphatic hydroxyl groups is 1. The molecule has 1 atom stereocenters. The van der Waals surface area contributed by atoms with Crippen LogP contribution in [0.2, 0.25) is 5.02 Å². The van der Waals surface area contributed by atoms with Gasteiger partial charge < -0.3 is 10.4 Å². The summed E-state index contributed by atoms with van der Waals surface area (Å²) in [5.41, 5.74) is 0.772. The van der Waals surface area contributed by atoms with Gasteiger partial charge in [0.2, 0.25) is 5.91 Å². The van der Waals surface area contributed by atoms with Crippen LogP contribution in [0.15, 0.2) is 24.3 Å². The normalized spacial score (nSPS) is 18.0. The number of aliphatic hydroxyl groups excluding tert-OH is 1. The van der Waals surface area contributed by atoms with Crippen molar-refractivity contribution in [2.45, 2.75) is 38.2 Å². The van der Waals surface area contributed by atoms with Crippen molar-refractivity contribution in [1.29, 1.82) is 0 Å². The monoisotopic (exact) mass is 281 g/mol. The van der Waals surface area contributed by atoms with Gasteiger partial charge in [-0.25, -0.2) is 0 Å². The van der Waals surface area contributed by atoms with Crippen LogP contribution in [0, 0.1) is 5.92 Å². The third kappa shape index (κ3) is 4.22. The summed E-state index contributed by atoms with van der Waals surface area (Å²) >= 11 is 5.79. The minimum Gasteiger partial charge on any atom is -0.387 e. The van der Waals surface area contributed by atoms with Crippen molar-refractivity contribution in [2.75, 3.05) is 6.54 Å². The summed E-state index contributed by atoms with van der Waals surface area (Å²) in [5.74, 6) is 0.207. The number of amides is 1. The maximum absolute atomic E-state index is 11.9. The number of nitrogens with one attached hydrogen (secondary N) is 1. The fourth-order valence-electron chi connectivity index (χ4n) is 2.51. The van der Waals surface area contributed by atoms with Gasteiger partial charge in [0, 0.05) is 17.5 Å². The van der Waals surface area contributed by atoms with Gasteiger partial charge >= 0.3 is 0 Å². The molecular formula is C15H20ClNO2. The van der Waals surface area contributed by atoms with E-state index in [-0.39, 0.29) is 18.4 Å². The van der Waals surface area contributed by atoms with Crippen molar-refractivity contribution in [3.8, 4) is 0 Å². The van der Waals surface area contributed by atoms with Crippen LogP contribution in [-0.2, 0) is 4.79 Å². The molecule has 4 heteroatoms. The first-order valence-corrected chi connectivity index (χ1v) is 7.26. The van der Waals surface area contributed by atoms with E-state index in [1.807, 2.05) is 0 Å². The quantitative estimate of drug-likeness (QED) is 0.891. The van der Waals surface area contributed by atoms with Crippen molar-refractivity contribution >= 4 is 17.5 Å². The van der Waals surface area contributed by atoms with Gasteiger partial charge in [0.05, 0.1) is 6.10 Å². The highest BCUT2D eigenvalue weighted by Crippen LogP contribution is 2.24. The summed E-state index contributed by atoms with van der Waals surface area (Å²) in [6, 6.07) is 7.03. The average molecular weight is 282 g/mol. The minimum atomic E-state index is -0.676. The van der Waals surface area contributed by atoms with Gasteiger partial charge in [0.25, 0.3) is 0 Å². The number of hydrogen-bond donors (Lipinski definition) is 2. The molecule has 1 fully saturated rings. The van der Waals surface area contributed by atoms with Crippen LogP contribution in [0.3, 0.4) is 0 Å². The van der Waals surface area contributed by atoms with E-state index in [0.29, 0.717) is 5.02 Å². The lowest BCUT2D eigenvalue weighted by Crippen LogP contribution is -2.34. The van der Waals surface area contributed by atoms with Crippen molar-refractivity contribution in [3.63, 3.8) is 0 Å². The Kier molecular flexibility index (Phi) is 5.23.